The predicted octanol–water partition coefficient (Wildman–Crippen LogP) is 2.64. The lowest BCUT2D eigenvalue weighted by atomic mass is 9.83. The van der Waals surface area contributed by atoms with Gasteiger partial charge in [0.1, 0.15) is 0 Å². The highest BCUT2D eigenvalue weighted by Gasteiger charge is 2.46. The minimum Gasteiger partial charge on any atom is -0.478 e. The van der Waals surface area contributed by atoms with Crippen molar-refractivity contribution in [3.8, 4) is 0 Å². The second-order valence-corrected chi connectivity index (χ2v) is 5.06. The van der Waals surface area contributed by atoms with Crippen molar-refractivity contribution >= 4 is 29.1 Å². The minimum absolute atomic E-state index is 0.0728. The first kappa shape index (κ1) is 14.3. The van der Waals surface area contributed by atoms with Gasteiger partial charge in [-0.3, -0.25) is 0 Å². The van der Waals surface area contributed by atoms with Crippen molar-refractivity contribution in [2.45, 2.75) is 11.3 Å². The summed E-state index contributed by atoms with van der Waals surface area (Å²) in [7, 11) is 1.19. The van der Waals surface area contributed by atoms with Crippen molar-refractivity contribution in [1.29, 1.82) is 0 Å². The number of allylic oxidation sites excluding steroid dienone is 3. The highest BCUT2D eigenvalue weighted by Crippen LogP contribution is 2.40. The van der Waals surface area contributed by atoms with Crippen LogP contribution < -0.4 is 0 Å². The molecule has 0 aliphatic heterocycles. The van der Waals surface area contributed by atoms with Crippen molar-refractivity contribution in [2.75, 3.05) is 7.11 Å². The summed E-state index contributed by atoms with van der Waals surface area (Å²) in [4.78, 5) is 21.4. The Hall–Kier alpha value is -2.07. The Morgan fingerprint density at radius 2 is 1.90 bits per heavy atom. The van der Waals surface area contributed by atoms with E-state index in [0.717, 1.165) is 11.1 Å². The normalized spacial score (nSPS) is 21.7. The van der Waals surface area contributed by atoms with Gasteiger partial charge in [0.05, 0.1) is 12.7 Å². The fourth-order valence-corrected chi connectivity index (χ4v) is 2.53. The molecule has 2 rings (SSSR count). The number of benzene rings is 1. The lowest BCUT2D eigenvalue weighted by Gasteiger charge is -2.28. The van der Waals surface area contributed by atoms with Crippen molar-refractivity contribution in [2.24, 2.45) is 0 Å². The van der Waals surface area contributed by atoms with Crippen LogP contribution in [0.5, 0.6) is 0 Å². The largest absolute Gasteiger partial charge is 0.478 e. The first-order valence-electron chi connectivity index (χ1n) is 5.96. The number of esters is 1. The Morgan fingerprint density at radius 1 is 1.25 bits per heavy atom. The summed E-state index contributed by atoms with van der Waals surface area (Å²) in [6, 6.07) is 9.35. The van der Waals surface area contributed by atoms with Crippen LogP contribution in [0.2, 0.25) is 0 Å². The number of carboxylic acids is 1. The summed E-state index contributed by atoms with van der Waals surface area (Å²) >= 11 is 6.27. The molecular formula is C15H13ClO4. The van der Waals surface area contributed by atoms with Gasteiger partial charge < -0.3 is 9.84 Å². The molecule has 0 amide bonds. The zero-order valence-corrected chi connectivity index (χ0v) is 11.6. The number of aliphatic carboxylic acids is 1. The highest BCUT2D eigenvalue weighted by atomic mass is 35.5. The quantitative estimate of drug-likeness (QED) is 0.687. The monoisotopic (exact) mass is 292 g/mol. The summed E-state index contributed by atoms with van der Waals surface area (Å²) in [5, 5.41) is 9.19. The standard InChI is InChI=1S/C15H13ClO4/c1-20-14(19)15(16)9-11(7-8-12(15)13(17)18)10-5-3-2-4-6-10/h2-8H,9H2,1H3,(H,17,18). The van der Waals surface area contributed by atoms with E-state index in [0.29, 0.717) is 0 Å². The molecule has 104 valence electrons. The molecule has 1 N–H and O–H groups in total. The second kappa shape index (κ2) is 5.51. The molecule has 0 aromatic heterocycles. The predicted molar refractivity (Wildman–Crippen MR) is 75.4 cm³/mol. The van der Waals surface area contributed by atoms with Crippen LogP contribution in [0.1, 0.15) is 12.0 Å². The van der Waals surface area contributed by atoms with Crippen LogP contribution in [0.15, 0.2) is 48.1 Å². The number of hydrogen-bond acceptors (Lipinski definition) is 3. The summed E-state index contributed by atoms with van der Waals surface area (Å²) < 4.78 is 4.66. The molecule has 1 atom stereocenters. The molecule has 1 aromatic carbocycles. The molecule has 0 fully saturated rings. The van der Waals surface area contributed by atoms with Gasteiger partial charge in [-0.25, -0.2) is 9.59 Å². The number of halogens is 1. The van der Waals surface area contributed by atoms with Gasteiger partial charge in [-0.1, -0.05) is 36.4 Å². The Bertz CT molecular complexity index is 604. The summed E-state index contributed by atoms with van der Waals surface area (Å²) in [6.07, 6.45) is 3.10. The molecule has 1 unspecified atom stereocenters. The van der Waals surface area contributed by atoms with Crippen LogP contribution in [-0.2, 0) is 14.3 Å². The van der Waals surface area contributed by atoms with Crippen LogP contribution in [0.3, 0.4) is 0 Å². The van der Waals surface area contributed by atoms with Crippen molar-refractivity contribution in [3.05, 3.63) is 53.6 Å². The number of methoxy groups -OCH3 is 1. The van der Waals surface area contributed by atoms with Crippen molar-refractivity contribution in [3.63, 3.8) is 0 Å². The van der Waals surface area contributed by atoms with Gasteiger partial charge in [-0.2, -0.15) is 0 Å². The topological polar surface area (TPSA) is 63.6 Å². The van der Waals surface area contributed by atoms with Crippen LogP contribution in [0, 0.1) is 0 Å². The van der Waals surface area contributed by atoms with Crippen LogP contribution >= 0.6 is 11.6 Å². The third-order valence-electron chi connectivity index (χ3n) is 3.20. The van der Waals surface area contributed by atoms with E-state index in [4.69, 9.17) is 11.6 Å². The molecule has 4 nitrogen and oxygen atoms in total. The van der Waals surface area contributed by atoms with Gasteiger partial charge in [-0.15, -0.1) is 11.6 Å². The molecule has 0 saturated heterocycles. The van der Waals surface area contributed by atoms with Gasteiger partial charge in [0.2, 0.25) is 0 Å². The van der Waals surface area contributed by atoms with E-state index >= 15 is 0 Å². The number of carbonyl (C=O) groups is 2. The summed E-state index contributed by atoms with van der Waals surface area (Å²) in [5.41, 5.74) is 1.50. The van der Waals surface area contributed by atoms with Crippen molar-refractivity contribution < 1.29 is 19.4 Å². The molecule has 1 aromatic rings. The lowest BCUT2D eigenvalue weighted by molar-refractivity contribution is -0.145. The van der Waals surface area contributed by atoms with Crippen LogP contribution in [0.4, 0.5) is 0 Å². The maximum atomic E-state index is 11.9. The van der Waals surface area contributed by atoms with E-state index in [1.165, 1.54) is 13.2 Å². The van der Waals surface area contributed by atoms with Gasteiger partial charge in [0.25, 0.3) is 0 Å². The van der Waals surface area contributed by atoms with Gasteiger partial charge >= 0.3 is 11.9 Å². The number of alkyl halides is 1. The molecule has 20 heavy (non-hydrogen) atoms. The average Bonchev–Trinajstić information content (AvgIpc) is 2.46. The van der Waals surface area contributed by atoms with E-state index in [1.54, 1.807) is 6.08 Å². The van der Waals surface area contributed by atoms with E-state index in [9.17, 15) is 14.7 Å². The number of carboxylic acid groups (broad SMARTS) is 1. The first-order valence-corrected chi connectivity index (χ1v) is 6.34. The van der Waals surface area contributed by atoms with E-state index in [1.807, 2.05) is 30.3 Å². The number of hydrogen-bond donors (Lipinski definition) is 1. The van der Waals surface area contributed by atoms with Gasteiger partial charge in [0, 0.05) is 6.42 Å². The number of ether oxygens (including phenoxy) is 1. The number of carbonyl (C=O) groups excluding carboxylic acids is 1. The number of rotatable bonds is 3. The fraction of sp³-hybridized carbons (Fsp3) is 0.200. The average molecular weight is 293 g/mol. The van der Waals surface area contributed by atoms with Crippen molar-refractivity contribution in [1.82, 2.24) is 0 Å². The molecule has 0 heterocycles. The molecule has 1 aliphatic rings. The van der Waals surface area contributed by atoms with Gasteiger partial charge in [-0.05, 0) is 17.2 Å². The third-order valence-corrected chi connectivity index (χ3v) is 3.69. The maximum absolute atomic E-state index is 11.9. The van der Waals surface area contributed by atoms with E-state index in [-0.39, 0.29) is 12.0 Å². The van der Waals surface area contributed by atoms with Crippen LogP contribution in [-0.4, -0.2) is 29.0 Å². The zero-order valence-electron chi connectivity index (χ0n) is 10.8. The molecule has 1 aliphatic carbocycles. The van der Waals surface area contributed by atoms with E-state index < -0.39 is 16.8 Å². The smallest absolute Gasteiger partial charge is 0.334 e. The first-order chi connectivity index (χ1) is 9.49. The highest BCUT2D eigenvalue weighted by molar-refractivity contribution is 6.39. The Balaban J connectivity index is 2.47. The SMILES string of the molecule is COC(=O)C1(Cl)CC(c2ccccc2)=CC=C1C(=O)O. The molecule has 0 spiro atoms. The summed E-state index contributed by atoms with van der Waals surface area (Å²) in [6.45, 7) is 0. The third kappa shape index (κ3) is 2.47. The Morgan fingerprint density at radius 3 is 2.45 bits per heavy atom. The fourth-order valence-electron chi connectivity index (χ4n) is 2.17. The lowest BCUT2D eigenvalue weighted by Crippen LogP contribution is -2.40. The van der Waals surface area contributed by atoms with E-state index in [2.05, 4.69) is 4.74 Å². The zero-order chi connectivity index (χ0) is 14.8. The second-order valence-electron chi connectivity index (χ2n) is 4.41. The molecular weight excluding hydrogens is 280 g/mol. The van der Waals surface area contributed by atoms with Crippen LogP contribution in [0.25, 0.3) is 5.57 Å². The Kier molecular flexibility index (Phi) is 3.95. The van der Waals surface area contributed by atoms with Gasteiger partial charge in [0.15, 0.2) is 4.87 Å². The molecule has 0 saturated carbocycles. The maximum Gasteiger partial charge on any atom is 0.334 e. The Labute approximate surface area is 121 Å². The molecule has 0 bridgehead atoms. The molecule has 5 heteroatoms. The minimum atomic E-state index is -1.69. The summed E-state index contributed by atoms with van der Waals surface area (Å²) in [5.74, 6) is -2.00. The molecule has 0 radical (unpaired) electrons.